The summed E-state index contributed by atoms with van der Waals surface area (Å²) in [6.45, 7) is 2.57. The smallest absolute Gasteiger partial charge is 0.338 e. The van der Waals surface area contributed by atoms with Crippen LogP contribution in [0.3, 0.4) is 0 Å². The van der Waals surface area contributed by atoms with Gasteiger partial charge in [-0.05, 0) is 61.0 Å². The van der Waals surface area contributed by atoms with Crippen molar-refractivity contribution in [3.63, 3.8) is 0 Å². The molecule has 0 N–H and O–H groups in total. The molecule has 0 unspecified atom stereocenters. The van der Waals surface area contributed by atoms with Gasteiger partial charge >= 0.3 is 5.97 Å². The fourth-order valence-corrected chi connectivity index (χ4v) is 2.94. The molecule has 0 aliphatic rings. The molecule has 4 rings (SSSR count). The average molecular weight is 384 g/mol. The molecular weight excluding hydrogens is 364 g/mol. The molecule has 0 saturated heterocycles. The molecule has 0 atom stereocenters. The van der Waals surface area contributed by atoms with Crippen LogP contribution in [0.1, 0.15) is 22.8 Å². The summed E-state index contributed by atoms with van der Waals surface area (Å²) >= 11 is 0. The predicted molar refractivity (Wildman–Crippen MR) is 112 cm³/mol. The van der Waals surface area contributed by atoms with E-state index >= 15 is 0 Å². The zero-order valence-electron chi connectivity index (χ0n) is 16.0. The Labute approximate surface area is 169 Å². The minimum absolute atomic E-state index is 0.313. The first kappa shape index (κ1) is 18.6. The van der Waals surface area contributed by atoms with Gasteiger partial charge in [-0.2, -0.15) is 0 Å². The summed E-state index contributed by atoms with van der Waals surface area (Å²) in [7, 11) is 0. The quantitative estimate of drug-likeness (QED) is 0.435. The van der Waals surface area contributed by atoms with Gasteiger partial charge in [-0.3, -0.25) is 4.98 Å². The van der Waals surface area contributed by atoms with Crippen LogP contribution in [-0.4, -0.2) is 22.5 Å². The molecule has 0 saturated carbocycles. The minimum Gasteiger partial charge on any atom is -0.489 e. The van der Waals surface area contributed by atoms with Crippen molar-refractivity contribution in [2.24, 2.45) is 0 Å². The predicted octanol–water partition coefficient (Wildman–Crippen LogP) is 5.05. The summed E-state index contributed by atoms with van der Waals surface area (Å²) in [4.78, 5) is 20.8. The second kappa shape index (κ2) is 8.52. The van der Waals surface area contributed by atoms with E-state index < -0.39 is 0 Å². The topological polar surface area (TPSA) is 61.3 Å². The van der Waals surface area contributed by atoms with Gasteiger partial charge in [0.2, 0.25) is 0 Å². The number of esters is 1. The molecule has 0 fully saturated rings. The van der Waals surface area contributed by atoms with Gasteiger partial charge in [0, 0.05) is 5.56 Å². The van der Waals surface area contributed by atoms with Crippen molar-refractivity contribution in [2.45, 2.75) is 13.5 Å². The van der Waals surface area contributed by atoms with Crippen molar-refractivity contribution in [3.05, 3.63) is 90.1 Å². The Bertz CT molecular complexity index is 1120. The van der Waals surface area contributed by atoms with Crippen LogP contribution in [0.2, 0.25) is 0 Å². The van der Waals surface area contributed by atoms with Crippen molar-refractivity contribution in [1.29, 1.82) is 0 Å². The average Bonchev–Trinajstić information content (AvgIpc) is 2.78. The highest BCUT2D eigenvalue weighted by molar-refractivity contribution is 5.89. The van der Waals surface area contributed by atoms with E-state index in [-0.39, 0.29) is 5.97 Å². The summed E-state index contributed by atoms with van der Waals surface area (Å²) in [6, 6.07) is 22.8. The number of hydrogen-bond donors (Lipinski definition) is 0. The van der Waals surface area contributed by atoms with Crippen molar-refractivity contribution in [2.75, 3.05) is 6.61 Å². The summed E-state index contributed by atoms with van der Waals surface area (Å²) in [6.07, 6.45) is 1.78. The first-order valence-electron chi connectivity index (χ1n) is 9.44. The highest BCUT2D eigenvalue weighted by atomic mass is 16.5. The molecule has 0 bridgehead atoms. The van der Waals surface area contributed by atoms with E-state index in [1.807, 2.05) is 60.7 Å². The monoisotopic (exact) mass is 384 g/mol. The lowest BCUT2D eigenvalue weighted by atomic mass is 10.1. The van der Waals surface area contributed by atoms with Crippen molar-refractivity contribution in [3.8, 4) is 17.0 Å². The third kappa shape index (κ3) is 4.41. The number of carbonyl (C=O) groups is 1. The molecule has 4 aromatic rings. The van der Waals surface area contributed by atoms with Crippen molar-refractivity contribution < 1.29 is 14.3 Å². The first-order chi connectivity index (χ1) is 14.2. The summed E-state index contributed by atoms with van der Waals surface area (Å²) in [5, 5.41) is 0. The summed E-state index contributed by atoms with van der Waals surface area (Å²) in [5.74, 6) is 0.448. The fraction of sp³-hybridized carbons (Fsp3) is 0.125. The Hall–Kier alpha value is -3.73. The lowest BCUT2D eigenvalue weighted by Gasteiger charge is -2.08. The third-order valence-corrected chi connectivity index (χ3v) is 4.47. The molecule has 5 nitrogen and oxygen atoms in total. The molecule has 0 aliphatic heterocycles. The Morgan fingerprint density at radius 2 is 1.62 bits per heavy atom. The highest BCUT2D eigenvalue weighted by Crippen LogP contribution is 2.22. The first-order valence-corrected chi connectivity index (χ1v) is 9.44. The number of fused-ring (bicyclic) bond motifs is 1. The maximum atomic E-state index is 11.7. The number of nitrogens with zero attached hydrogens (tertiary/aromatic N) is 2. The SMILES string of the molecule is CCOC(=O)c1ccc(COc2ccc(-c3cnc4ccccc4n3)cc2)cc1. The van der Waals surface area contributed by atoms with Crippen LogP contribution in [-0.2, 0) is 11.3 Å². The maximum Gasteiger partial charge on any atom is 0.338 e. The second-order valence-corrected chi connectivity index (χ2v) is 6.47. The molecule has 144 valence electrons. The van der Waals surface area contributed by atoms with E-state index in [1.165, 1.54) is 0 Å². The van der Waals surface area contributed by atoms with Gasteiger partial charge in [0.25, 0.3) is 0 Å². The van der Waals surface area contributed by atoms with Gasteiger partial charge in [0.15, 0.2) is 0 Å². The second-order valence-electron chi connectivity index (χ2n) is 6.47. The molecule has 0 aliphatic carbocycles. The molecule has 0 amide bonds. The lowest BCUT2D eigenvalue weighted by Crippen LogP contribution is -2.04. The Morgan fingerprint density at radius 3 is 2.34 bits per heavy atom. The van der Waals surface area contributed by atoms with Crippen molar-refractivity contribution in [1.82, 2.24) is 9.97 Å². The molecule has 1 aromatic heterocycles. The van der Waals surface area contributed by atoms with Gasteiger partial charge in [0.05, 0.1) is 35.1 Å². The van der Waals surface area contributed by atoms with E-state index in [1.54, 1.807) is 25.3 Å². The number of carbonyl (C=O) groups excluding carboxylic acids is 1. The van der Waals surface area contributed by atoms with Gasteiger partial charge in [-0.1, -0.05) is 24.3 Å². The molecule has 0 spiro atoms. The van der Waals surface area contributed by atoms with Gasteiger partial charge in [-0.15, -0.1) is 0 Å². The zero-order valence-corrected chi connectivity index (χ0v) is 16.0. The number of rotatable bonds is 6. The molecule has 0 radical (unpaired) electrons. The van der Waals surface area contributed by atoms with E-state index in [2.05, 4.69) is 9.97 Å². The number of para-hydroxylation sites is 2. The van der Waals surface area contributed by atoms with Crippen LogP contribution in [0.4, 0.5) is 0 Å². The van der Waals surface area contributed by atoms with Gasteiger partial charge < -0.3 is 9.47 Å². The lowest BCUT2D eigenvalue weighted by molar-refractivity contribution is 0.0526. The van der Waals surface area contributed by atoms with Gasteiger partial charge in [-0.25, -0.2) is 9.78 Å². The molecular formula is C24H20N2O3. The van der Waals surface area contributed by atoms with E-state index in [4.69, 9.17) is 9.47 Å². The third-order valence-electron chi connectivity index (χ3n) is 4.47. The zero-order chi connectivity index (χ0) is 20.1. The minimum atomic E-state index is -0.313. The van der Waals surface area contributed by atoms with Crippen LogP contribution in [0, 0.1) is 0 Å². The molecule has 29 heavy (non-hydrogen) atoms. The number of benzene rings is 3. The van der Waals surface area contributed by atoms with Crippen LogP contribution >= 0.6 is 0 Å². The van der Waals surface area contributed by atoms with E-state index in [0.717, 1.165) is 33.6 Å². The van der Waals surface area contributed by atoms with Gasteiger partial charge in [0.1, 0.15) is 12.4 Å². The fourth-order valence-electron chi connectivity index (χ4n) is 2.94. The molecule has 5 heteroatoms. The highest BCUT2D eigenvalue weighted by Gasteiger charge is 2.06. The van der Waals surface area contributed by atoms with Crippen LogP contribution in [0.5, 0.6) is 5.75 Å². The summed E-state index contributed by atoms with van der Waals surface area (Å²) < 4.78 is 10.8. The van der Waals surface area contributed by atoms with Crippen LogP contribution in [0.25, 0.3) is 22.3 Å². The molecule has 1 heterocycles. The largest absolute Gasteiger partial charge is 0.489 e. The Balaban J connectivity index is 1.41. The van der Waals surface area contributed by atoms with Crippen LogP contribution < -0.4 is 4.74 Å². The number of hydrogen-bond acceptors (Lipinski definition) is 5. The van der Waals surface area contributed by atoms with Crippen LogP contribution in [0.15, 0.2) is 79.0 Å². The standard InChI is InChI=1S/C24H20N2O3/c1-2-28-24(27)19-9-7-17(8-10-19)16-29-20-13-11-18(12-14-20)23-15-25-21-5-3-4-6-22(21)26-23/h3-15H,2,16H2,1H3. The van der Waals surface area contributed by atoms with E-state index in [9.17, 15) is 4.79 Å². The number of aromatic nitrogens is 2. The number of ether oxygens (including phenoxy) is 2. The Morgan fingerprint density at radius 1 is 0.897 bits per heavy atom. The Kier molecular flexibility index (Phi) is 5.47. The van der Waals surface area contributed by atoms with E-state index in [0.29, 0.717) is 18.8 Å². The molecule has 3 aromatic carbocycles. The van der Waals surface area contributed by atoms with Crippen molar-refractivity contribution >= 4 is 17.0 Å². The normalized spacial score (nSPS) is 10.7. The summed E-state index contributed by atoms with van der Waals surface area (Å²) in [5.41, 5.74) is 5.07. The maximum absolute atomic E-state index is 11.7.